The summed E-state index contributed by atoms with van der Waals surface area (Å²) in [5.74, 6) is 0.345. The number of urea groups is 1. The highest BCUT2D eigenvalue weighted by atomic mass is 32.1. The largest absolute Gasteiger partial charge is 0.337 e. The van der Waals surface area contributed by atoms with Gasteiger partial charge < -0.3 is 10.6 Å². The van der Waals surface area contributed by atoms with E-state index in [1.54, 1.807) is 22.2 Å². The maximum atomic E-state index is 11.9. The first-order valence-electron chi connectivity index (χ1n) is 7.57. The van der Waals surface area contributed by atoms with Crippen LogP contribution in [0, 0.1) is 6.92 Å². The van der Waals surface area contributed by atoms with E-state index in [0.29, 0.717) is 19.0 Å². The zero-order chi connectivity index (χ0) is 15.5. The molecule has 2 N–H and O–H groups in total. The lowest BCUT2D eigenvalue weighted by Gasteiger charge is -2.21. The molecular weight excluding hydrogens is 298 g/mol. The summed E-state index contributed by atoms with van der Waals surface area (Å²) in [6.07, 6.45) is 7.05. The molecule has 0 aliphatic heterocycles. The Labute approximate surface area is 133 Å². The van der Waals surface area contributed by atoms with Gasteiger partial charge >= 0.3 is 6.03 Å². The fourth-order valence-corrected chi connectivity index (χ4v) is 3.92. The van der Waals surface area contributed by atoms with Gasteiger partial charge in [-0.2, -0.15) is 5.10 Å². The lowest BCUT2D eigenvalue weighted by Crippen LogP contribution is -2.37. The number of amides is 2. The summed E-state index contributed by atoms with van der Waals surface area (Å²) in [7, 11) is 1.86. The van der Waals surface area contributed by atoms with Crippen molar-refractivity contribution in [2.45, 2.75) is 38.6 Å². The van der Waals surface area contributed by atoms with Gasteiger partial charge in [0.2, 0.25) is 0 Å². The molecule has 1 aliphatic rings. The van der Waals surface area contributed by atoms with E-state index in [-0.39, 0.29) is 6.03 Å². The zero-order valence-corrected chi connectivity index (χ0v) is 13.7. The summed E-state index contributed by atoms with van der Waals surface area (Å²) < 4.78 is 1.73. The lowest BCUT2D eigenvalue weighted by molar-refractivity contribution is 0.239. The van der Waals surface area contributed by atoms with E-state index in [9.17, 15) is 4.79 Å². The van der Waals surface area contributed by atoms with Crippen LogP contribution < -0.4 is 10.6 Å². The average Bonchev–Trinajstić information content (AvgIpc) is 3.07. The van der Waals surface area contributed by atoms with E-state index in [2.05, 4.69) is 20.7 Å². The number of rotatable bonds is 4. The van der Waals surface area contributed by atoms with Gasteiger partial charge in [-0.25, -0.2) is 9.78 Å². The normalized spacial score (nSPS) is 17.1. The van der Waals surface area contributed by atoms with Gasteiger partial charge in [-0.15, -0.1) is 11.3 Å². The van der Waals surface area contributed by atoms with Crippen LogP contribution in [0.2, 0.25) is 0 Å². The second kappa shape index (κ2) is 6.48. The Bertz CT molecular complexity index is 663. The number of hydrogen-bond donors (Lipinski definition) is 2. The summed E-state index contributed by atoms with van der Waals surface area (Å²) in [4.78, 5) is 18.0. The fraction of sp³-hybridized carbons (Fsp3) is 0.533. The minimum absolute atomic E-state index is 0.136. The van der Waals surface area contributed by atoms with Crippen molar-refractivity contribution in [1.82, 2.24) is 25.4 Å². The van der Waals surface area contributed by atoms with Crippen molar-refractivity contribution >= 4 is 17.4 Å². The van der Waals surface area contributed by atoms with Crippen molar-refractivity contribution in [3.05, 3.63) is 33.5 Å². The molecule has 22 heavy (non-hydrogen) atoms. The number of nitrogens with zero attached hydrogens (tertiary/aromatic N) is 3. The molecule has 6 nitrogen and oxygen atoms in total. The molecule has 0 fully saturated rings. The number of aryl methyl sites for hydroxylation is 3. The molecule has 7 heteroatoms. The SMILES string of the molecule is Cc1nc2c(s1)CCC[C@H]2CNC(=O)NCc1cnn(C)c1. The molecule has 0 spiro atoms. The van der Waals surface area contributed by atoms with Crippen LogP contribution in [0.4, 0.5) is 4.79 Å². The molecule has 2 amide bonds. The highest BCUT2D eigenvalue weighted by molar-refractivity contribution is 7.11. The number of carbonyl (C=O) groups is 1. The summed E-state index contributed by atoms with van der Waals surface area (Å²) in [5.41, 5.74) is 2.19. The molecule has 1 atom stereocenters. The molecule has 2 heterocycles. The van der Waals surface area contributed by atoms with E-state index in [1.807, 2.05) is 20.2 Å². The van der Waals surface area contributed by atoms with Gasteiger partial charge in [0, 0.05) is 42.7 Å². The maximum Gasteiger partial charge on any atom is 0.315 e. The Balaban J connectivity index is 1.49. The quantitative estimate of drug-likeness (QED) is 0.906. The van der Waals surface area contributed by atoms with Crippen LogP contribution >= 0.6 is 11.3 Å². The number of nitrogens with one attached hydrogen (secondary N) is 2. The third-order valence-electron chi connectivity index (χ3n) is 3.90. The van der Waals surface area contributed by atoms with Gasteiger partial charge in [-0.3, -0.25) is 4.68 Å². The summed E-state index contributed by atoms with van der Waals surface area (Å²) in [6.45, 7) is 3.19. The number of fused-ring (bicyclic) bond motifs is 1. The minimum Gasteiger partial charge on any atom is -0.337 e. The average molecular weight is 319 g/mol. The number of carbonyl (C=O) groups excluding carboxylic acids is 1. The minimum atomic E-state index is -0.136. The Hall–Kier alpha value is -1.89. The van der Waals surface area contributed by atoms with E-state index >= 15 is 0 Å². The van der Waals surface area contributed by atoms with Crippen molar-refractivity contribution in [2.24, 2.45) is 7.05 Å². The van der Waals surface area contributed by atoms with Gasteiger partial charge in [0.1, 0.15) is 0 Å². The van der Waals surface area contributed by atoms with E-state index in [4.69, 9.17) is 0 Å². The predicted molar refractivity (Wildman–Crippen MR) is 86.0 cm³/mol. The number of aromatic nitrogens is 3. The monoisotopic (exact) mass is 319 g/mol. The molecule has 2 aromatic heterocycles. The molecule has 1 aliphatic carbocycles. The Kier molecular flexibility index (Phi) is 4.42. The van der Waals surface area contributed by atoms with E-state index < -0.39 is 0 Å². The second-order valence-corrected chi connectivity index (χ2v) is 7.00. The molecular formula is C15H21N5OS. The lowest BCUT2D eigenvalue weighted by atomic mass is 9.91. The molecule has 3 rings (SSSR count). The molecule has 0 aromatic carbocycles. The van der Waals surface area contributed by atoms with E-state index in [1.165, 1.54) is 17.0 Å². The highest BCUT2D eigenvalue weighted by Gasteiger charge is 2.24. The third kappa shape index (κ3) is 3.47. The smallest absolute Gasteiger partial charge is 0.315 e. The van der Waals surface area contributed by atoms with Crippen LogP contribution in [-0.2, 0) is 20.0 Å². The first kappa shape index (κ1) is 15.0. The van der Waals surface area contributed by atoms with Crippen molar-refractivity contribution in [2.75, 3.05) is 6.54 Å². The molecule has 118 valence electrons. The van der Waals surface area contributed by atoms with Gasteiger partial charge in [0.25, 0.3) is 0 Å². The van der Waals surface area contributed by atoms with Gasteiger partial charge in [-0.05, 0) is 26.2 Å². The molecule has 0 unspecified atom stereocenters. The predicted octanol–water partition coefficient (Wildman–Crippen LogP) is 2.10. The first-order valence-corrected chi connectivity index (χ1v) is 8.39. The maximum absolute atomic E-state index is 11.9. The first-order chi connectivity index (χ1) is 10.6. The Morgan fingerprint density at radius 1 is 1.50 bits per heavy atom. The van der Waals surface area contributed by atoms with Crippen LogP contribution in [0.5, 0.6) is 0 Å². The summed E-state index contributed by atoms with van der Waals surface area (Å²) >= 11 is 1.79. The van der Waals surface area contributed by atoms with Crippen molar-refractivity contribution < 1.29 is 4.79 Å². The zero-order valence-electron chi connectivity index (χ0n) is 12.9. The highest BCUT2D eigenvalue weighted by Crippen LogP contribution is 2.34. The van der Waals surface area contributed by atoms with Crippen molar-refractivity contribution in [3.8, 4) is 0 Å². The van der Waals surface area contributed by atoms with Crippen LogP contribution in [0.3, 0.4) is 0 Å². The van der Waals surface area contributed by atoms with Gasteiger partial charge in [0.05, 0.1) is 16.9 Å². The third-order valence-corrected chi connectivity index (χ3v) is 4.94. The Morgan fingerprint density at radius 3 is 3.14 bits per heavy atom. The Morgan fingerprint density at radius 2 is 2.36 bits per heavy atom. The standard InChI is InChI=1S/C15H21N5OS/c1-10-19-14-12(4-3-5-13(14)22-10)8-17-15(21)16-6-11-7-18-20(2)9-11/h7,9,12H,3-6,8H2,1-2H3,(H2,16,17,21)/t12-/m0/s1. The van der Waals surface area contributed by atoms with Gasteiger partial charge in [-0.1, -0.05) is 0 Å². The van der Waals surface area contributed by atoms with Crippen LogP contribution in [-0.4, -0.2) is 27.3 Å². The van der Waals surface area contributed by atoms with Crippen LogP contribution in [0.1, 0.15) is 39.9 Å². The number of hydrogen-bond acceptors (Lipinski definition) is 4. The molecule has 0 saturated heterocycles. The summed E-state index contributed by atoms with van der Waals surface area (Å²) in [5, 5.41) is 11.0. The number of thiazole rings is 1. The topological polar surface area (TPSA) is 71.8 Å². The van der Waals surface area contributed by atoms with Crippen LogP contribution in [0.25, 0.3) is 0 Å². The molecule has 0 bridgehead atoms. The van der Waals surface area contributed by atoms with Crippen molar-refractivity contribution in [1.29, 1.82) is 0 Å². The second-order valence-electron chi connectivity index (χ2n) is 5.72. The molecule has 0 saturated carbocycles. The van der Waals surface area contributed by atoms with Gasteiger partial charge in [0.15, 0.2) is 0 Å². The fourth-order valence-electron chi connectivity index (χ4n) is 2.85. The van der Waals surface area contributed by atoms with E-state index in [0.717, 1.165) is 23.4 Å². The molecule has 2 aromatic rings. The van der Waals surface area contributed by atoms with Crippen molar-refractivity contribution in [3.63, 3.8) is 0 Å². The van der Waals surface area contributed by atoms with Crippen LogP contribution in [0.15, 0.2) is 12.4 Å². The summed E-state index contributed by atoms with van der Waals surface area (Å²) in [6, 6.07) is -0.136. The molecule has 0 radical (unpaired) electrons.